The normalized spacial score (nSPS) is 19.7. The summed E-state index contributed by atoms with van der Waals surface area (Å²) in [6.45, 7) is 13.3. The summed E-state index contributed by atoms with van der Waals surface area (Å²) in [5.74, 6) is 0.858. The Hall–Kier alpha value is -2.70. The van der Waals surface area contributed by atoms with E-state index in [1.165, 1.54) is 10.9 Å². The van der Waals surface area contributed by atoms with Gasteiger partial charge in [-0.05, 0) is 65.2 Å². The summed E-state index contributed by atoms with van der Waals surface area (Å²) in [4.78, 5) is 32.8. The number of aromatic amines is 1. The van der Waals surface area contributed by atoms with Gasteiger partial charge in [-0.3, -0.25) is 4.79 Å². The van der Waals surface area contributed by atoms with E-state index in [0.29, 0.717) is 19.6 Å². The van der Waals surface area contributed by atoms with Crippen molar-refractivity contribution in [1.82, 2.24) is 14.8 Å². The van der Waals surface area contributed by atoms with E-state index < -0.39 is 11.1 Å². The number of amides is 2. The smallest absolute Gasteiger partial charge is 0.410 e. The van der Waals surface area contributed by atoms with Crippen molar-refractivity contribution in [3.05, 3.63) is 29.5 Å². The first kappa shape index (κ1) is 22.5. The molecule has 1 aromatic heterocycles. The number of nitrogens with one attached hydrogen (secondary N) is 1. The molecule has 0 radical (unpaired) electrons. The minimum absolute atomic E-state index is 0.0610. The van der Waals surface area contributed by atoms with Crippen LogP contribution in [0.15, 0.2) is 18.2 Å². The summed E-state index contributed by atoms with van der Waals surface area (Å²) in [5.41, 5.74) is 2.18. The summed E-state index contributed by atoms with van der Waals surface area (Å²) >= 11 is 0. The molecule has 0 unspecified atom stereocenters. The molecule has 7 heteroatoms. The number of rotatable bonds is 1. The SMILES string of the molecule is COc1ccc2c3c([nH]c2c1)C(C)(C)N(C(C)=O)CC31CCN(C(=O)OC(C)(C)C)CC1. The Kier molecular flexibility index (Phi) is 5.22. The van der Waals surface area contributed by atoms with E-state index in [4.69, 9.17) is 9.47 Å². The summed E-state index contributed by atoms with van der Waals surface area (Å²) in [7, 11) is 1.67. The van der Waals surface area contributed by atoms with Crippen LogP contribution in [-0.4, -0.2) is 59.1 Å². The maximum absolute atomic E-state index is 12.7. The first-order valence-corrected chi connectivity index (χ1v) is 11.3. The number of H-pyrrole nitrogens is 1. The second kappa shape index (κ2) is 7.42. The molecule has 1 fully saturated rings. The largest absolute Gasteiger partial charge is 0.497 e. The van der Waals surface area contributed by atoms with Gasteiger partial charge >= 0.3 is 6.09 Å². The van der Waals surface area contributed by atoms with E-state index in [-0.39, 0.29) is 17.4 Å². The third-order valence-corrected chi connectivity index (χ3v) is 7.04. The van der Waals surface area contributed by atoms with Gasteiger partial charge in [-0.1, -0.05) is 0 Å². The van der Waals surface area contributed by atoms with Crippen molar-refractivity contribution in [3.8, 4) is 5.75 Å². The lowest BCUT2D eigenvalue weighted by Gasteiger charge is -2.53. The molecule has 2 aromatic rings. The van der Waals surface area contributed by atoms with E-state index in [1.807, 2.05) is 37.8 Å². The third kappa shape index (κ3) is 3.61. The number of nitrogens with zero attached hydrogens (tertiary/aromatic N) is 2. The molecule has 2 amide bonds. The molecule has 32 heavy (non-hydrogen) atoms. The fourth-order valence-electron chi connectivity index (χ4n) is 5.38. The fourth-order valence-corrected chi connectivity index (χ4v) is 5.38. The molecular weight excluding hydrogens is 406 g/mol. The standard InChI is InChI=1S/C25H35N3O4/c1-16(29)28-15-25(10-12-27(13-11-25)22(30)32-23(2,3)4)20-18-9-8-17(31-7)14-19(18)26-21(20)24(28,5)6/h8-9,14,26H,10-13,15H2,1-7H3. The summed E-state index contributed by atoms with van der Waals surface area (Å²) in [5, 5.41) is 1.17. The molecule has 0 saturated carbocycles. The molecule has 0 aliphatic carbocycles. The summed E-state index contributed by atoms with van der Waals surface area (Å²) < 4.78 is 11.0. The van der Waals surface area contributed by atoms with Crippen molar-refractivity contribution in [1.29, 1.82) is 0 Å². The quantitative estimate of drug-likeness (QED) is 0.705. The van der Waals surface area contributed by atoms with Gasteiger partial charge in [0.2, 0.25) is 5.91 Å². The number of hydrogen-bond donors (Lipinski definition) is 1. The molecule has 2 aliphatic rings. The number of piperidine rings is 1. The first-order chi connectivity index (χ1) is 14.9. The average molecular weight is 442 g/mol. The van der Waals surface area contributed by atoms with Crippen LogP contribution in [0.25, 0.3) is 10.9 Å². The van der Waals surface area contributed by atoms with Crippen LogP contribution in [0.3, 0.4) is 0 Å². The van der Waals surface area contributed by atoms with Crippen molar-refractivity contribution >= 4 is 22.9 Å². The number of carbonyl (C=O) groups is 2. The minimum Gasteiger partial charge on any atom is -0.497 e. The van der Waals surface area contributed by atoms with Gasteiger partial charge in [-0.15, -0.1) is 0 Å². The highest BCUT2D eigenvalue weighted by Gasteiger charge is 2.51. The molecule has 0 bridgehead atoms. The van der Waals surface area contributed by atoms with Crippen molar-refractivity contribution in [2.75, 3.05) is 26.7 Å². The van der Waals surface area contributed by atoms with Crippen LogP contribution >= 0.6 is 0 Å². The highest BCUT2D eigenvalue weighted by atomic mass is 16.6. The number of methoxy groups -OCH3 is 1. The number of carbonyl (C=O) groups excluding carboxylic acids is 2. The third-order valence-electron chi connectivity index (χ3n) is 7.04. The highest BCUT2D eigenvalue weighted by Crippen LogP contribution is 2.51. The Morgan fingerprint density at radius 3 is 2.34 bits per heavy atom. The van der Waals surface area contributed by atoms with Crippen LogP contribution in [0.5, 0.6) is 5.75 Å². The maximum Gasteiger partial charge on any atom is 0.410 e. The van der Waals surface area contributed by atoms with Crippen LogP contribution in [-0.2, 0) is 20.5 Å². The topological polar surface area (TPSA) is 74.9 Å². The van der Waals surface area contributed by atoms with Crippen LogP contribution < -0.4 is 4.74 Å². The molecular formula is C25H35N3O4. The summed E-state index contributed by atoms with van der Waals surface area (Å²) in [6.07, 6.45) is 1.28. The molecule has 4 rings (SSSR count). The second-order valence-electron chi connectivity index (χ2n) is 10.7. The van der Waals surface area contributed by atoms with E-state index in [9.17, 15) is 9.59 Å². The molecule has 1 aromatic carbocycles. The van der Waals surface area contributed by atoms with E-state index in [2.05, 4.69) is 24.9 Å². The Labute approximate surface area is 190 Å². The van der Waals surface area contributed by atoms with Gasteiger partial charge in [-0.25, -0.2) is 4.79 Å². The number of benzene rings is 1. The van der Waals surface area contributed by atoms with Crippen molar-refractivity contribution in [2.24, 2.45) is 0 Å². The Morgan fingerprint density at radius 2 is 1.78 bits per heavy atom. The van der Waals surface area contributed by atoms with Gasteiger partial charge in [0.1, 0.15) is 11.4 Å². The molecule has 1 spiro atoms. The van der Waals surface area contributed by atoms with Crippen LogP contribution in [0, 0.1) is 0 Å². The number of ether oxygens (including phenoxy) is 2. The zero-order valence-corrected chi connectivity index (χ0v) is 20.3. The predicted octanol–water partition coefficient (Wildman–Crippen LogP) is 4.54. The minimum atomic E-state index is -0.518. The fraction of sp³-hybridized carbons (Fsp3) is 0.600. The lowest BCUT2D eigenvalue weighted by Crippen LogP contribution is -2.59. The van der Waals surface area contributed by atoms with Crippen LogP contribution in [0.4, 0.5) is 4.79 Å². The van der Waals surface area contributed by atoms with Gasteiger partial charge in [0.05, 0.1) is 12.6 Å². The highest BCUT2D eigenvalue weighted by molar-refractivity contribution is 5.89. The average Bonchev–Trinajstić information content (AvgIpc) is 3.10. The molecule has 174 valence electrons. The Morgan fingerprint density at radius 1 is 1.12 bits per heavy atom. The van der Waals surface area contributed by atoms with Crippen molar-refractivity contribution < 1.29 is 19.1 Å². The van der Waals surface area contributed by atoms with Crippen LogP contribution in [0.1, 0.15) is 65.6 Å². The van der Waals surface area contributed by atoms with Gasteiger partial charge in [-0.2, -0.15) is 0 Å². The van der Waals surface area contributed by atoms with Crippen molar-refractivity contribution in [3.63, 3.8) is 0 Å². The van der Waals surface area contributed by atoms with E-state index >= 15 is 0 Å². The van der Waals surface area contributed by atoms with Gasteiger partial charge in [0, 0.05) is 54.6 Å². The molecule has 0 atom stereocenters. The molecule has 2 aliphatic heterocycles. The van der Waals surface area contributed by atoms with Crippen molar-refractivity contribution in [2.45, 2.75) is 70.9 Å². The summed E-state index contributed by atoms with van der Waals surface area (Å²) in [6, 6.07) is 6.13. The number of aromatic nitrogens is 1. The predicted molar refractivity (Wildman–Crippen MR) is 124 cm³/mol. The lowest BCUT2D eigenvalue weighted by molar-refractivity contribution is -0.137. The molecule has 7 nitrogen and oxygen atoms in total. The van der Waals surface area contributed by atoms with Crippen LogP contribution in [0.2, 0.25) is 0 Å². The lowest BCUT2D eigenvalue weighted by atomic mass is 9.66. The molecule has 1 N–H and O–H groups in total. The first-order valence-electron chi connectivity index (χ1n) is 11.3. The van der Waals surface area contributed by atoms with Gasteiger partial charge in [0.15, 0.2) is 0 Å². The Balaban J connectivity index is 1.77. The van der Waals surface area contributed by atoms with Gasteiger partial charge in [0.25, 0.3) is 0 Å². The van der Waals surface area contributed by atoms with E-state index in [0.717, 1.165) is 29.8 Å². The second-order valence-corrected chi connectivity index (χ2v) is 10.7. The molecule has 3 heterocycles. The monoisotopic (exact) mass is 441 g/mol. The molecule has 1 saturated heterocycles. The maximum atomic E-state index is 12.7. The van der Waals surface area contributed by atoms with Gasteiger partial charge < -0.3 is 24.3 Å². The number of likely N-dealkylation sites (tertiary alicyclic amines) is 1. The number of hydrogen-bond acceptors (Lipinski definition) is 4. The van der Waals surface area contributed by atoms with E-state index in [1.54, 1.807) is 18.9 Å². The number of fused-ring (bicyclic) bond motifs is 4. The Bertz CT molecular complexity index is 1060. The zero-order chi connectivity index (χ0) is 23.5. The zero-order valence-electron chi connectivity index (χ0n) is 20.3.